The molecule has 1 aliphatic rings. The van der Waals surface area contributed by atoms with Crippen LogP contribution < -0.4 is 5.73 Å². The lowest BCUT2D eigenvalue weighted by atomic mass is 9.81. The molecule has 0 amide bonds. The van der Waals surface area contributed by atoms with E-state index in [-0.39, 0.29) is 28.8 Å². The summed E-state index contributed by atoms with van der Waals surface area (Å²) in [5, 5.41) is 8.75. The molecule has 21 heavy (non-hydrogen) atoms. The van der Waals surface area contributed by atoms with E-state index in [1.54, 1.807) is 0 Å². The van der Waals surface area contributed by atoms with Crippen LogP contribution in [0.5, 0.6) is 0 Å². The minimum absolute atomic E-state index is 0. The quantitative estimate of drug-likeness (QED) is 0.895. The Kier molecular flexibility index (Phi) is 5.40. The van der Waals surface area contributed by atoms with Crippen LogP contribution in [0, 0.1) is 16.7 Å². The van der Waals surface area contributed by atoms with Gasteiger partial charge in [0.25, 0.3) is 0 Å². The van der Waals surface area contributed by atoms with Crippen molar-refractivity contribution in [1.82, 2.24) is 4.31 Å². The number of hydrogen-bond donors (Lipinski definition) is 1. The molecule has 0 bridgehead atoms. The molecule has 1 atom stereocenters. The number of sulfonamides is 1. The molecule has 1 aromatic rings. The Hall–Kier alpha value is -1.13. The zero-order valence-corrected chi connectivity index (χ0v) is 13.7. The van der Waals surface area contributed by atoms with E-state index in [0.29, 0.717) is 25.1 Å². The van der Waals surface area contributed by atoms with Crippen molar-refractivity contribution in [3.8, 4) is 6.07 Å². The van der Waals surface area contributed by atoms with E-state index in [4.69, 9.17) is 11.0 Å². The maximum absolute atomic E-state index is 12.6. The van der Waals surface area contributed by atoms with Gasteiger partial charge in [-0.1, -0.05) is 13.8 Å². The number of rotatable bonds is 2. The molecule has 0 aliphatic carbocycles. The zero-order chi connectivity index (χ0) is 15.0. The standard InChI is InChI=1S/C14H19N3O2S.ClH/c1-14(2)10-17(8-7-13(14)16)20(18,19)12-5-3-11(9-15)4-6-12;/h3-6,13H,7-8,10,16H2,1-2H3;1H. The lowest BCUT2D eigenvalue weighted by Crippen LogP contribution is -2.53. The second kappa shape index (κ2) is 6.32. The number of nitrogens with two attached hydrogens (primary N) is 1. The molecule has 1 unspecified atom stereocenters. The Morgan fingerprint density at radius 1 is 1.33 bits per heavy atom. The molecule has 1 heterocycles. The van der Waals surface area contributed by atoms with Crippen molar-refractivity contribution >= 4 is 22.4 Å². The van der Waals surface area contributed by atoms with Gasteiger partial charge in [-0.25, -0.2) is 8.42 Å². The second-order valence-electron chi connectivity index (χ2n) is 5.86. The Labute approximate surface area is 132 Å². The van der Waals surface area contributed by atoms with Crippen LogP contribution in [0.4, 0.5) is 0 Å². The van der Waals surface area contributed by atoms with E-state index in [1.807, 2.05) is 19.9 Å². The summed E-state index contributed by atoms with van der Waals surface area (Å²) in [5.41, 5.74) is 6.25. The summed E-state index contributed by atoms with van der Waals surface area (Å²) in [5.74, 6) is 0. The fourth-order valence-corrected chi connectivity index (χ4v) is 4.01. The topological polar surface area (TPSA) is 87.2 Å². The summed E-state index contributed by atoms with van der Waals surface area (Å²) in [7, 11) is -3.51. The summed E-state index contributed by atoms with van der Waals surface area (Å²) in [6.07, 6.45) is 0.655. The van der Waals surface area contributed by atoms with Crippen molar-refractivity contribution < 1.29 is 8.42 Å². The number of nitriles is 1. The number of benzene rings is 1. The molecule has 2 N–H and O–H groups in total. The van der Waals surface area contributed by atoms with Gasteiger partial charge in [-0.2, -0.15) is 9.57 Å². The van der Waals surface area contributed by atoms with Crippen LogP contribution >= 0.6 is 12.4 Å². The maximum Gasteiger partial charge on any atom is 0.243 e. The zero-order valence-electron chi connectivity index (χ0n) is 12.1. The van der Waals surface area contributed by atoms with Gasteiger partial charge in [-0.15, -0.1) is 12.4 Å². The van der Waals surface area contributed by atoms with Crippen LogP contribution in [-0.4, -0.2) is 31.9 Å². The third-order valence-electron chi connectivity index (χ3n) is 3.90. The monoisotopic (exact) mass is 329 g/mol. The lowest BCUT2D eigenvalue weighted by molar-refractivity contribution is 0.155. The summed E-state index contributed by atoms with van der Waals surface area (Å²) in [4.78, 5) is 0.225. The summed E-state index contributed by atoms with van der Waals surface area (Å²) >= 11 is 0. The van der Waals surface area contributed by atoms with Gasteiger partial charge in [0.1, 0.15) is 0 Å². The Bertz CT molecular complexity index is 635. The fourth-order valence-electron chi connectivity index (χ4n) is 2.38. The molecular weight excluding hydrogens is 310 g/mol. The first-order chi connectivity index (χ1) is 9.27. The predicted molar refractivity (Wildman–Crippen MR) is 83.5 cm³/mol. The van der Waals surface area contributed by atoms with Crippen LogP contribution in [0.15, 0.2) is 29.2 Å². The molecule has 1 aliphatic heterocycles. The molecule has 0 spiro atoms. The number of hydrogen-bond acceptors (Lipinski definition) is 4. The van der Waals surface area contributed by atoms with Crippen LogP contribution in [-0.2, 0) is 10.0 Å². The van der Waals surface area contributed by atoms with Crippen LogP contribution in [0.25, 0.3) is 0 Å². The second-order valence-corrected chi connectivity index (χ2v) is 7.80. The van der Waals surface area contributed by atoms with E-state index in [9.17, 15) is 8.42 Å². The lowest BCUT2D eigenvalue weighted by Gasteiger charge is -2.41. The Balaban J connectivity index is 0.00000220. The Morgan fingerprint density at radius 3 is 2.38 bits per heavy atom. The van der Waals surface area contributed by atoms with Gasteiger partial charge < -0.3 is 5.73 Å². The first kappa shape index (κ1) is 17.9. The molecule has 116 valence electrons. The third-order valence-corrected chi connectivity index (χ3v) is 5.76. The van der Waals surface area contributed by atoms with E-state index in [0.717, 1.165) is 0 Å². The number of piperidine rings is 1. The van der Waals surface area contributed by atoms with E-state index < -0.39 is 10.0 Å². The highest BCUT2D eigenvalue weighted by molar-refractivity contribution is 7.89. The molecule has 7 heteroatoms. The highest BCUT2D eigenvalue weighted by atomic mass is 35.5. The summed E-state index contributed by atoms with van der Waals surface area (Å²) in [6, 6.07) is 7.99. The normalized spacial score (nSPS) is 22.1. The number of nitrogens with zero attached hydrogens (tertiary/aromatic N) is 2. The summed E-state index contributed by atoms with van der Waals surface area (Å²) in [6.45, 7) is 4.82. The van der Waals surface area contributed by atoms with Gasteiger partial charge in [-0.05, 0) is 36.1 Å². The van der Waals surface area contributed by atoms with Gasteiger partial charge in [0.05, 0.1) is 16.5 Å². The van der Waals surface area contributed by atoms with Crippen LogP contribution in [0.3, 0.4) is 0 Å². The highest BCUT2D eigenvalue weighted by Gasteiger charge is 2.38. The number of halogens is 1. The van der Waals surface area contributed by atoms with Crippen LogP contribution in [0.1, 0.15) is 25.8 Å². The molecule has 0 radical (unpaired) electrons. The molecule has 1 saturated heterocycles. The molecule has 1 aromatic carbocycles. The molecule has 2 rings (SSSR count). The minimum Gasteiger partial charge on any atom is -0.327 e. The van der Waals surface area contributed by atoms with Crippen molar-refractivity contribution in [1.29, 1.82) is 5.26 Å². The molecule has 1 fully saturated rings. The predicted octanol–water partition coefficient (Wildman–Crippen LogP) is 1.73. The smallest absolute Gasteiger partial charge is 0.243 e. The maximum atomic E-state index is 12.6. The minimum atomic E-state index is -3.51. The third kappa shape index (κ3) is 3.55. The SMILES string of the molecule is CC1(C)CN(S(=O)(=O)c2ccc(C#N)cc2)CCC1N.Cl. The van der Waals surface area contributed by atoms with Gasteiger partial charge in [0, 0.05) is 19.1 Å². The fraction of sp³-hybridized carbons (Fsp3) is 0.500. The van der Waals surface area contributed by atoms with E-state index in [2.05, 4.69) is 0 Å². The first-order valence-corrected chi connectivity index (χ1v) is 7.97. The van der Waals surface area contributed by atoms with Gasteiger partial charge >= 0.3 is 0 Å². The van der Waals surface area contributed by atoms with Crippen molar-refractivity contribution in [3.63, 3.8) is 0 Å². The average molecular weight is 330 g/mol. The molecular formula is C14H20ClN3O2S. The average Bonchev–Trinajstić information content (AvgIpc) is 2.41. The first-order valence-electron chi connectivity index (χ1n) is 6.53. The van der Waals surface area contributed by atoms with E-state index in [1.165, 1.54) is 28.6 Å². The van der Waals surface area contributed by atoms with Gasteiger partial charge in [-0.3, -0.25) is 0 Å². The van der Waals surface area contributed by atoms with E-state index >= 15 is 0 Å². The van der Waals surface area contributed by atoms with Gasteiger partial charge in [0.15, 0.2) is 0 Å². The summed E-state index contributed by atoms with van der Waals surface area (Å²) < 4.78 is 26.7. The Morgan fingerprint density at radius 2 is 1.90 bits per heavy atom. The van der Waals surface area contributed by atoms with Crippen molar-refractivity contribution in [3.05, 3.63) is 29.8 Å². The van der Waals surface area contributed by atoms with Crippen molar-refractivity contribution in [2.24, 2.45) is 11.1 Å². The molecule has 0 saturated carbocycles. The van der Waals surface area contributed by atoms with Gasteiger partial charge in [0.2, 0.25) is 10.0 Å². The van der Waals surface area contributed by atoms with Crippen LogP contribution in [0.2, 0.25) is 0 Å². The van der Waals surface area contributed by atoms with Crippen molar-refractivity contribution in [2.75, 3.05) is 13.1 Å². The molecule has 0 aromatic heterocycles. The van der Waals surface area contributed by atoms with Crippen molar-refractivity contribution in [2.45, 2.75) is 31.2 Å². The molecule has 5 nitrogen and oxygen atoms in total. The largest absolute Gasteiger partial charge is 0.327 e. The highest BCUT2D eigenvalue weighted by Crippen LogP contribution is 2.31.